The van der Waals surface area contributed by atoms with E-state index in [1.165, 1.54) is 0 Å². The van der Waals surface area contributed by atoms with E-state index in [4.69, 9.17) is 9.73 Å². The van der Waals surface area contributed by atoms with Crippen LogP contribution in [0, 0.1) is 0 Å². The second kappa shape index (κ2) is 8.07. The number of hydrogen-bond donors (Lipinski definition) is 1. The van der Waals surface area contributed by atoms with Crippen molar-refractivity contribution in [1.82, 2.24) is 4.90 Å². The van der Waals surface area contributed by atoms with Crippen molar-refractivity contribution in [3.63, 3.8) is 0 Å². The molecular formula is C23H25N3O3. The van der Waals surface area contributed by atoms with Crippen molar-refractivity contribution in [3.05, 3.63) is 60.2 Å². The molecule has 0 saturated heterocycles. The summed E-state index contributed by atoms with van der Waals surface area (Å²) < 4.78 is 5.21. The molecule has 2 aliphatic rings. The molecule has 1 saturated carbocycles. The topological polar surface area (TPSA) is 71.0 Å². The smallest absolute Gasteiger partial charge is 0.275 e. The van der Waals surface area contributed by atoms with Crippen LogP contribution in [0.1, 0.15) is 37.7 Å². The predicted octanol–water partition coefficient (Wildman–Crippen LogP) is 3.63. The summed E-state index contributed by atoms with van der Waals surface area (Å²) in [5.41, 5.74) is 1.30. The highest BCUT2D eigenvalue weighted by Crippen LogP contribution is 2.39. The minimum atomic E-state index is -0.612. The molecule has 0 bridgehead atoms. The monoisotopic (exact) mass is 391 g/mol. The van der Waals surface area contributed by atoms with Crippen LogP contribution in [0.25, 0.3) is 0 Å². The number of methoxy groups -OCH3 is 1. The Kier molecular flexibility index (Phi) is 5.34. The zero-order valence-electron chi connectivity index (χ0n) is 16.6. The molecule has 0 atom stereocenters. The van der Waals surface area contributed by atoms with Crippen molar-refractivity contribution in [3.8, 4) is 5.75 Å². The van der Waals surface area contributed by atoms with Crippen molar-refractivity contribution in [2.75, 3.05) is 19.0 Å². The zero-order chi connectivity index (χ0) is 20.3. The largest absolute Gasteiger partial charge is 0.497 e. The fourth-order valence-corrected chi connectivity index (χ4v) is 4.15. The quantitative estimate of drug-likeness (QED) is 0.846. The second-order valence-electron chi connectivity index (χ2n) is 7.54. The normalized spacial score (nSPS) is 17.9. The number of carbonyl (C=O) groups excluding carboxylic acids is 2. The molecule has 6 heteroatoms. The van der Waals surface area contributed by atoms with Gasteiger partial charge in [0.15, 0.2) is 0 Å². The summed E-state index contributed by atoms with van der Waals surface area (Å²) in [5, 5.41) is 2.88. The number of ether oxygens (including phenoxy) is 1. The van der Waals surface area contributed by atoms with Crippen molar-refractivity contribution in [2.24, 2.45) is 4.99 Å². The Bertz CT molecular complexity index is 916. The average Bonchev–Trinajstić information content (AvgIpc) is 3.01. The molecule has 1 aliphatic carbocycles. The molecule has 6 nitrogen and oxygen atoms in total. The summed E-state index contributed by atoms with van der Waals surface area (Å²) in [4.78, 5) is 32.6. The third-order valence-electron chi connectivity index (χ3n) is 5.65. The number of nitrogens with zero attached hydrogens (tertiary/aromatic N) is 2. The van der Waals surface area contributed by atoms with Gasteiger partial charge in [0.05, 0.1) is 7.11 Å². The van der Waals surface area contributed by atoms with E-state index in [2.05, 4.69) is 5.32 Å². The third kappa shape index (κ3) is 3.88. The molecule has 0 radical (unpaired) electrons. The fraction of sp³-hybridized carbons (Fsp3) is 0.348. The molecule has 1 heterocycles. The Balaban J connectivity index is 1.58. The van der Waals surface area contributed by atoms with Gasteiger partial charge in [0, 0.05) is 11.3 Å². The van der Waals surface area contributed by atoms with E-state index < -0.39 is 5.66 Å². The molecular weight excluding hydrogens is 366 g/mol. The number of anilines is 1. The lowest BCUT2D eigenvalue weighted by Gasteiger charge is -2.38. The number of amides is 2. The Hall–Kier alpha value is -3.15. The number of carbonyl (C=O) groups is 2. The minimum Gasteiger partial charge on any atom is -0.497 e. The molecule has 0 unspecified atom stereocenters. The van der Waals surface area contributed by atoms with Gasteiger partial charge in [-0.25, -0.2) is 0 Å². The van der Waals surface area contributed by atoms with Gasteiger partial charge in [-0.2, -0.15) is 0 Å². The van der Waals surface area contributed by atoms with Crippen LogP contribution in [0.2, 0.25) is 0 Å². The molecule has 4 rings (SSSR count). The molecule has 2 amide bonds. The molecule has 0 aromatic heterocycles. The van der Waals surface area contributed by atoms with E-state index in [0.29, 0.717) is 5.71 Å². The average molecular weight is 391 g/mol. The highest BCUT2D eigenvalue weighted by Gasteiger charge is 2.48. The maximum atomic E-state index is 13.3. The van der Waals surface area contributed by atoms with Crippen molar-refractivity contribution in [2.45, 2.75) is 37.8 Å². The Morgan fingerprint density at radius 3 is 2.41 bits per heavy atom. The van der Waals surface area contributed by atoms with Crippen molar-refractivity contribution >= 4 is 23.2 Å². The third-order valence-corrected chi connectivity index (χ3v) is 5.65. The number of aliphatic imine (C=N–C) groups is 1. The van der Waals surface area contributed by atoms with Gasteiger partial charge in [0.1, 0.15) is 23.7 Å². The molecule has 150 valence electrons. The summed E-state index contributed by atoms with van der Waals surface area (Å²) in [6.45, 7) is -0.00309. The lowest BCUT2D eigenvalue weighted by molar-refractivity contribution is -0.134. The lowest BCUT2D eigenvalue weighted by atomic mass is 9.88. The zero-order valence-corrected chi connectivity index (χ0v) is 16.6. The van der Waals surface area contributed by atoms with Crippen LogP contribution in [-0.4, -0.2) is 41.7 Å². The van der Waals surface area contributed by atoms with Crippen LogP contribution in [-0.2, 0) is 9.59 Å². The standard InChI is InChI=1S/C23H25N3O3/c1-29-19-12-10-17(11-13-19)21-22(28)26(23(25-21)14-6-3-7-15-23)16-20(27)24-18-8-4-2-5-9-18/h2,4-5,8-13H,3,6-7,14-16H2,1H3,(H,24,27). The summed E-state index contributed by atoms with van der Waals surface area (Å²) >= 11 is 0. The highest BCUT2D eigenvalue weighted by molar-refractivity contribution is 6.47. The summed E-state index contributed by atoms with van der Waals surface area (Å²) in [6, 6.07) is 16.6. The van der Waals surface area contributed by atoms with Gasteiger partial charge in [-0.1, -0.05) is 24.6 Å². The van der Waals surface area contributed by atoms with Crippen LogP contribution in [0.3, 0.4) is 0 Å². The fourth-order valence-electron chi connectivity index (χ4n) is 4.15. The molecule has 2 aromatic carbocycles. The van der Waals surface area contributed by atoms with Crippen LogP contribution in [0.4, 0.5) is 5.69 Å². The summed E-state index contributed by atoms with van der Waals surface area (Å²) in [7, 11) is 1.61. The van der Waals surface area contributed by atoms with Crippen LogP contribution in [0.15, 0.2) is 59.6 Å². The van der Waals surface area contributed by atoms with Gasteiger partial charge in [-0.3, -0.25) is 14.6 Å². The van der Waals surface area contributed by atoms with Gasteiger partial charge < -0.3 is 15.0 Å². The molecule has 2 aromatic rings. The second-order valence-corrected chi connectivity index (χ2v) is 7.54. The van der Waals surface area contributed by atoms with E-state index in [-0.39, 0.29) is 18.4 Å². The van der Waals surface area contributed by atoms with E-state index in [9.17, 15) is 9.59 Å². The van der Waals surface area contributed by atoms with Crippen LogP contribution >= 0.6 is 0 Å². The Labute approximate surface area is 170 Å². The van der Waals surface area contributed by atoms with Crippen LogP contribution < -0.4 is 10.1 Å². The summed E-state index contributed by atoms with van der Waals surface area (Å²) in [5.74, 6) is 0.340. The SMILES string of the molecule is COc1ccc(C2=NC3(CCCCC3)N(CC(=O)Nc3ccccc3)C2=O)cc1. The van der Waals surface area contributed by atoms with E-state index in [1.54, 1.807) is 12.0 Å². The minimum absolute atomic E-state index is 0.00309. The van der Waals surface area contributed by atoms with E-state index >= 15 is 0 Å². The van der Waals surface area contributed by atoms with E-state index in [0.717, 1.165) is 49.1 Å². The first-order valence-corrected chi connectivity index (χ1v) is 10.0. The first kappa shape index (κ1) is 19.2. The van der Waals surface area contributed by atoms with Gasteiger partial charge >= 0.3 is 0 Å². The maximum absolute atomic E-state index is 13.3. The number of hydrogen-bond acceptors (Lipinski definition) is 4. The molecule has 1 spiro atoms. The van der Waals surface area contributed by atoms with Gasteiger partial charge in [-0.15, -0.1) is 0 Å². The first-order valence-electron chi connectivity index (χ1n) is 10.0. The molecule has 1 fully saturated rings. The Morgan fingerprint density at radius 2 is 1.76 bits per heavy atom. The van der Waals surface area contributed by atoms with Crippen molar-refractivity contribution in [1.29, 1.82) is 0 Å². The molecule has 29 heavy (non-hydrogen) atoms. The number of benzene rings is 2. The number of nitrogens with one attached hydrogen (secondary N) is 1. The van der Waals surface area contributed by atoms with Crippen LogP contribution in [0.5, 0.6) is 5.75 Å². The summed E-state index contributed by atoms with van der Waals surface area (Å²) in [6.07, 6.45) is 4.72. The van der Waals surface area contributed by atoms with Gasteiger partial charge in [0.25, 0.3) is 5.91 Å². The van der Waals surface area contributed by atoms with Gasteiger partial charge in [0.2, 0.25) is 5.91 Å². The number of para-hydroxylation sites is 1. The Morgan fingerprint density at radius 1 is 1.07 bits per heavy atom. The highest BCUT2D eigenvalue weighted by atomic mass is 16.5. The lowest BCUT2D eigenvalue weighted by Crippen LogP contribution is -2.51. The molecule has 1 N–H and O–H groups in total. The first-order chi connectivity index (χ1) is 14.1. The maximum Gasteiger partial charge on any atom is 0.275 e. The van der Waals surface area contributed by atoms with Crippen molar-refractivity contribution < 1.29 is 14.3 Å². The van der Waals surface area contributed by atoms with E-state index in [1.807, 2.05) is 54.6 Å². The van der Waals surface area contributed by atoms with Gasteiger partial charge in [-0.05, 0) is 62.1 Å². The number of rotatable bonds is 5. The predicted molar refractivity (Wildman–Crippen MR) is 112 cm³/mol. The molecule has 1 aliphatic heterocycles.